The second-order valence-electron chi connectivity index (χ2n) is 5.18. The number of aliphatic hydroxyl groups is 2. The van der Waals surface area contributed by atoms with Gasteiger partial charge in [-0.15, -0.1) is 0 Å². The molecule has 0 aromatic carbocycles. The highest BCUT2D eigenvalue weighted by molar-refractivity contribution is 5.87. The first-order valence-electron chi connectivity index (χ1n) is 5.93. The van der Waals surface area contributed by atoms with Gasteiger partial charge in [0.05, 0.1) is 12.3 Å². The Hall–Kier alpha value is -2.26. The summed E-state index contributed by atoms with van der Waals surface area (Å²) >= 11 is 0. The van der Waals surface area contributed by atoms with Crippen LogP contribution in [0.3, 0.4) is 0 Å². The van der Waals surface area contributed by atoms with Gasteiger partial charge in [0.1, 0.15) is 0 Å². The molecule has 9 nitrogen and oxygen atoms in total. The van der Waals surface area contributed by atoms with Gasteiger partial charge in [0.25, 0.3) is 11.5 Å². The fourth-order valence-electron chi connectivity index (χ4n) is 2.47. The summed E-state index contributed by atoms with van der Waals surface area (Å²) < 4.78 is 1.25. The Kier molecular flexibility index (Phi) is 2.32. The van der Waals surface area contributed by atoms with Crippen LogP contribution in [-0.2, 0) is 10.5 Å². The second-order valence-corrected chi connectivity index (χ2v) is 5.18. The average Bonchev–Trinajstić information content (AvgIpc) is 2.84. The number of aliphatic hydroxyl groups excluding tert-OH is 1. The van der Waals surface area contributed by atoms with Gasteiger partial charge in [-0.1, -0.05) is 4.98 Å². The van der Waals surface area contributed by atoms with Crippen molar-refractivity contribution in [2.45, 2.75) is 31.2 Å². The average molecular weight is 279 g/mol. The van der Waals surface area contributed by atoms with E-state index in [0.717, 1.165) is 0 Å². The van der Waals surface area contributed by atoms with E-state index < -0.39 is 23.3 Å². The summed E-state index contributed by atoms with van der Waals surface area (Å²) in [5, 5.41) is 34.7. The third-order valence-corrected chi connectivity index (χ3v) is 3.75. The number of carboxylic acid groups (broad SMARTS) is 1. The van der Waals surface area contributed by atoms with Gasteiger partial charge in [-0.3, -0.25) is 5.32 Å². The molecule has 0 aliphatic carbocycles. The van der Waals surface area contributed by atoms with Crippen molar-refractivity contribution in [3.8, 4) is 0 Å². The van der Waals surface area contributed by atoms with E-state index in [9.17, 15) is 20.1 Å². The number of H-pyrrole nitrogens is 1. The van der Waals surface area contributed by atoms with Crippen LogP contribution in [0.25, 0.3) is 11.2 Å². The molecule has 106 valence electrons. The number of nitrogens with zero attached hydrogens (tertiary/aromatic N) is 3. The topological polar surface area (TPSA) is 138 Å². The molecule has 0 saturated carbocycles. The number of nitrogens with one attached hydrogen (secondary N) is 2. The molecule has 3 rings (SSSR count). The molecular formula is C11H13N5O4. The van der Waals surface area contributed by atoms with E-state index in [1.807, 2.05) is 0 Å². The number of rotatable bonds is 1. The number of aromatic amines is 1. The smallest absolute Gasteiger partial charge is 0.260 e. The largest absolute Gasteiger partial charge is 0.546 e. The number of imidazole rings is 1. The molecule has 0 saturated heterocycles. The predicted molar refractivity (Wildman–Crippen MR) is 63.0 cm³/mol. The van der Waals surface area contributed by atoms with Gasteiger partial charge in [0.2, 0.25) is 12.1 Å². The van der Waals surface area contributed by atoms with Crippen LogP contribution < -0.4 is 15.0 Å². The van der Waals surface area contributed by atoms with Gasteiger partial charge in [-0.2, -0.15) is 0 Å². The lowest BCUT2D eigenvalue weighted by atomic mass is 9.85. The van der Waals surface area contributed by atoms with E-state index in [1.54, 1.807) is 0 Å². The summed E-state index contributed by atoms with van der Waals surface area (Å²) in [6.45, 7) is 2.54. The van der Waals surface area contributed by atoms with Crippen molar-refractivity contribution in [2.75, 3.05) is 5.32 Å². The lowest BCUT2D eigenvalue weighted by molar-refractivity contribution is -0.807. The van der Waals surface area contributed by atoms with E-state index in [0.29, 0.717) is 11.2 Å². The molecule has 2 aromatic rings. The Morgan fingerprint density at radius 3 is 2.85 bits per heavy atom. The first kappa shape index (κ1) is 12.8. The molecule has 0 bridgehead atoms. The fourth-order valence-corrected chi connectivity index (χ4v) is 2.47. The summed E-state index contributed by atoms with van der Waals surface area (Å²) in [5.41, 5.74) is -2.95. The Morgan fingerprint density at radius 1 is 1.50 bits per heavy atom. The molecule has 1 aliphatic rings. The van der Waals surface area contributed by atoms with Gasteiger partial charge >= 0.3 is 0 Å². The third kappa shape index (κ3) is 1.38. The molecular weight excluding hydrogens is 266 g/mol. The monoisotopic (exact) mass is 279 g/mol. The summed E-state index contributed by atoms with van der Waals surface area (Å²) in [4.78, 5) is 22.2. The highest BCUT2D eigenvalue weighted by Crippen LogP contribution is 2.32. The zero-order chi connectivity index (χ0) is 14.7. The van der Waals surface area contributed by atoms with Crippen LogP contribution in [-0.4, -0.2) is 42.8 Å². The first-order chi connectivity index (χ1) is 9.28. The molecule has 3 heterocycles. The zero-order valence-corrected chi connectivity index (χ0v) is 10.8. The Balaban J connectivity index is 2.32. The molecule has 20 heavy (non-hydrogen) atoms. The predicted octanol–water partition coefficient (Wildman–Crippen LogP) is -2.79. The molecule has 4 N–H and O–H groups in total. The molecule has 9 heteroatoms. The van der Waals surface area contributed by atoms with Gasteiger partial charge in [0.15, 0.2) is 17.2 Å². The molecule has 1 aliphatic heterocycles. The molecule has 0 radical (unpaired) electrons. The number of hydrogen-bond donors (Lipinski definition) is 4. The molecule has 3 atom stereocenters. The van der Waals surface area contributed by atoms with Crippen molar-refractivity contribution < 1.29 is 24.7 Å². The lowest BCUT2D eigenvalue weighted by Gasteiger charge is -2.44. The maximum Gasteiger partial charge on any atom is 0.260 e. The van der Waals surface area contributed by atoms with Crippen LogP contribution in [0.5, 0.6) is 0 Å². The SMILES string of the molecule is C[C@]1(C(=O)[O-])Nc2c3[nH]cnc3nc[n+]2[C@](C)(O)[C@@H]1O. The fraction of sp³-hybridized carbons (Fsp3) is 0.455. The number of anilines is 1. The van der Waals surface area contributed by atoms with E-state index >= 15 is 0 Å². The standard InChI is InChI=1S/C11H13N5O4/c1-10(9(18)19)8(17)11(2,20)16-4-14-6-5(7(16)15-10)12-3-13-6/h3-4,8,17,20H,1-2H3,(H2,12,13,15,18,19)/t8-,10+,11-/m1/s1. The number of hydrogen-bond acceptors (Lipinski definition) is 7. The summed E-state index contributed by atoms with van der Waals surface area (Å²) in [5.74, 6) is -1.27. The van der Waals surface area contributed by atoms with Crippen LogP contribution in [0, 0.1) is 0 Å². The molecule has 0 amide bonds. The number of fused-ring (bicyclic) bond motifs is 3. The first-order valence-corrected chi connectivity index (χ1v) is 5.93. The zero-order valence-electron chi connectivity index (χ0n) is 10.8. The number of carbonyl (C=O) groups excluding carboxylic acids is 1. The molecule has 2 aromatic heterocycles. The van der Waals surface area contributed by atoms with Crippen LogP contribution >= 0.6 is 0 Å². The number of carboxylic acids is 1. The maximum atomic E-state index is 11.4. The summed E-state index contributed by atoms with van der Waals surface area (Å²) in [6.07, 6.45) is 1.04. The van der Waals surface area contributed by atoms with E-state index in [-0.39, 0.29) is 5.82 Å². The quantitative estimate of drug-likeness (QED) is 0.414. The summed E-state index contributed by atoms with van der Waals surface area (Å²) in [7, 11) is 0. The Morgan fingerprint density at radius 2 is 2.20 bits per heavy atom. The van der Waals surface area contributed by atoms with Gasteiger partial charge < -0.3 is 25.1 Å². The van der Waals surface area contributed by atoms with Gasteiger partial charge in [0, 0.05) is 6.92 Å². The van der Waals surface area contributed by atoms with Gasteiger partial charge in [-0.25, -0.2) is 9.55 Å². The highest BCUT2D eigenvalue weighted by Gasteiger charge is 2.56. The minimum Gasteiger partial charge on any atom is -0.546 e. The minimum absolute atomic E-state index is 0.259. The lowest BCUT2D eigenvalue weighted by Crippen LogP contribution is -2.77. The summed E-state index contributed by atoms with van der Waals surface area (Å²) in [6, 6.07) is 0. The van der Waals surface area contributed by atoms with Crippen molar-refractivity contribution in [1.29, 1.82) is 0 Å². The van der Waals surface area contributed by atoms with E-state index in [2.05, 4.69) is 20.3 Å². The van der Waals surface area contributed by atoms with Crippen LogP contribution in [0.4, 0.5) is 5.82 Å². The van der Waals surface area contributed by atoms with Crippen LogP contribution in [0.15, 0.2) is 12.7 Å². The van der Waals surface area contributed by atoms with Crippen molar-refractivity contribution in [3.63, 3.8) is 0 Å². The van der Waals surface area contributed by atoms with Crippen molar-refractivity contribution in [1.82, 2.24) is 15.0 Å². The number of aliphatic carboxylic acids is 1. The second kappa shape index (κ2) is 3.64. The minimum atomic E-state index is -1.87. The normalized spacial score (nSPS) is 32.7. The third-order valence-electron chi connectivity index (χ3n) is 3.75. The molecule has 0 unspecified atom stereocenters. The van der Waals surface area contributed by atoms with Crippen LogP contribution in [0.2, 0.25) is 0 Å². The molecule has 0 fully saturated rings. The number of carbonyl (C=O) groups is 1. The van der Waals surface area contributed by atoms with Crippen molar-refractivity contribution >= 4 is 23.0 Å². The maximum absolute atomic E-state index is 11.4. The van der Waals surface area contributed by atoms with Crippen molar-refractivity contribution in [2.24, 2.45) is 0 Å². The van der Waals surface area contributed by atoms with E-state index in [4.69, 9.17) is 0 Å². The van der Waals surface area contributed by atoms with Crippen LogP contribution in [0.1, 0.15) is 13.8 Å². The molecule has 0 spiro atoms. The van der Waals surface area contributed by atoms with Gasteiger partial charge in [-0.05, 0) is 6.92 Å². The Labute approximate surface area is 112 Å². The highest BCUT2D eigenvalue weighted by atomic mass is 16.4. The van der Waals surface area contributed by atoms with Crippen molar-refractivity contribution in [3.05, 3.63) is 12.7 Å². The van der Waals surface area contributed by atoms with E-state index in [1.165, 1.54) is 31.1 Å². The Bertz CT molecular complexity index is 712. The number of aromatic nitrogens is 4.